The summed E-state index contributed by atoms with van der Waals surface area (Å²) in [6, 6.07) is 15.3. The van der Waals surface area contributed by atoms with Gasteiger partial charge in [-0.3, -0.25) is 19.7 Å². The predicted molar refractivity (Wildman–Crippen MR) is 105 cm³/mol. The van der Waals surface area contributed by atoms with Crippen LogP contribution in [0.5, 0.6) is 0 Å². The largest absolute Gasteiger partial charge is 0.455 e. The number of nitro groups is 1. The zero-order chi connectivity index (χ0) is 20.4. The van der Waals surface area contributed by atoms with Crippen molar-refractivity contribution in [1.82, 2.24) is 5.32 Å². The minimum Gasteiger partial charge on any atom is -0.455 e. The second-order valence-corrected chi connectivity index (χ2v) is 6.06. The molecule has 2 N–H and O–H groups in total. The van der Waals surface area contributed by atoms with Crippen LogP contribution >= 0.6 is 0 Å². The Hall–Kier alpha value is -3.42. The van der Waals surface area contributed by atoms with Crippen molar-refractivity contribution in [3.8, 4) is 0 Å². The molecular weight excluding hydrogens is 362 g/mol. The number of rotatable bonds is 10. The first-order chi connectivity index (χ1) is 13.5. The molecule has 1 amide bonds. The molecule has 28 heavy (non-hydrogen) atoms. The van der Waals surface area contributed by atoms with E-state index in [4.69, 9.17) is 4.74 Å². The lowest BCUT2D eigenvalue weighted by Crippen LogP contribution is -2.33. The van der Waals surface area contributed by atoms with Gasteiger partial charge in [0.2, 0.25) is 0 Å². The molecule has 2 aromatic carbocycles. The number of benzene rings is 2. The van der Waals surface area contributed by atoms with Gasteiger partial charge in [-0.1, -0.05) is 37.3 Å². The van der Waals surface area contributed by atoms with Crippen LogP contribution in [0.25, 0.3) is 0 Å². The van der Waals surface area contributed by atoms with E-state index in [1.807, 2.05) is 37.3 Å². The van der Waals surface area contributed by atoms with Crippen molar-refractivity contribution in [3.63, 3.8) is 0 Å². The van der Waals surface area contributed by atoms with Gasteiger partial charge in [-0.05, 0) is 24.1 Å². The number of esters is 1. The van der Waals surface area contributed by atoms with Crippen LogP contribution in [0.1, 0.15) is 24.8 Å². The molecule has 1 atom stereocenters. The quantitative estimate of drug-likeness (QED) is 0.282. The molecule has 2 aromatic rings. The van der Waals surface area contributed by atoms with Crippen molar-refractivity contribution >= 4 is 23.3 Å². The van der Waals surface area contributed by atoms with Gasteiger partial charge in [-0.2, -0.15) is 0 Å². The third-order valence-corrected chi connectivity index (χ3v) is 4.09. The molecule has 0 fully saturated rings. The molecule has 0 aliphatic carbocycles. The van der Waals surface area contributed by atoms with Crippen molar-refractivity contribution in [1.29, 1.82) is 0 Å². The summed E-state index contributed by atoms with van der Waals surface area (Å²) in [5, 5.41) is 16.3. The number of hydrogen-bond donors (Lipinski definition) is 2. The summed E-state index contributed by atoms with van der Waals surface area (Å²) in [5.41, 5.74) is 1.59. The number of ether oxygens (including phenoxy) is 1. The maximum atomic E-state index is 12.2. The van der Waals surface area contributed by atoms with Gasteiger partial charge in [0.05, 0.1) is 10.8 Å². The van der Waals surface area contributed by atoms with E-state index in [2.05, 4.69) is 10.6 Å². The van der Waals surface area contributed by atoms with Gasteiger partial charge in [-0.15, -0.1) is 0 Å². The number of anilines is 1. The molecular formula is C20H23N3O5. The Morgan fingerprint density at radius 1 is 1.07 bits per heavy atom. The van der Waals surface area contributed by atoms with E-state index in [0.29, 0.717) is 25.2 Å². The predicted octanol–water partition coefficient (Wildman–Crippen LogP) is 2.86. The van der Waals surface area contributed by atoms with Gasteiger partial charge in [0.15, 0.2) is 6.61 Å². The van der Waals surface area contributed by atoms with Crippen molar-refractivity contribution in [2.75, 3.05) is 25.0 Å². The maximum Gasteiger partial charge on any atom is 0.313 e. The minimum atomic E-state index is -0.466. The molecule has 0 radical (unpaired) electrons. The van der Waals surface area contributed by atoms with Crippen LogP contribution in [-0.2, 0) is 14.3 Å². The van der Waals surface area contributed by atoms with Crippen LogP contribution in [0.15, 0.2) is 54.6 Å². The summed E-state index contributed by atoms with van der Waals surface area (Å²) in [6.45, 7) is 2.31. The van der Waals surface area contributed by atoms with E-state index in [1.165, 1.54) is 12.1 Å². The minimum absolute atomic E-state index is 0.0153. The topological polar surface area (TPSA) is 111 Å². The fourth-order valence-corrected chi connectivity index (χ4v) is 2.62. The number of nitrogens with zero attached hydrogens (tertiary/aromatic N) is 1. The van der Waals surface area contributed by atoms with Gasteiger partial charge in [0.25, 0.3) is 11.6 Å². The molecule has 0 saturated heterocycles. The first-order valence-corrected chi connectivity index (χ1v) is 8.98. The first kappa shape index (κ1) is 20.9. The van der Waals surface area contributed by atoms with Crippen LogP contribution in [0.2, 0.25) is 0 Å². The highest BCUT2D eigenvalue weighted by molar-refractivity contribution is 5.83. The lowest BCUT2D eigenvalue weighted by Gasteiger charge is -2.14. The SMILES string of the molecule is CC[C@@H](C(=O)OCC(=O)NCCNc1ccc([N+](=O)[O-])cc1)c1ccccc1. The summed E-state index contributed by atoms with van der Waals surface area (Å²) in [7, 11) is 0. The lowest BCUT2D eigenvalue weighted by molar-refractivity contribution is -0.384. The Morgan fingerprint density at radius 3 is 2.36 bits per heavy atom. The molecule has 2 rings (SSSR count). The molecule has 0 saturated carbocycles. The highest BCUT2D eigenvalue weighted by atomic mass is 16.6. The molecule has 0 aliphatic heterocycles. The average molecular weight is 385 g/mol. The normalized spacial score (nSPS) is 11.3. The van der Waals surface area contributed by atoms with E-state index < -0.39 is 16.8 Å². The molecule has 0 spiro atoms. The van der Waals surface area contributed by atoms with E-state index in [9.17, 15) is 19.7 Å². The van der Waals surface area contributed by atoms with E-state index in [0.717, 1.165) is 5.56 Å². The van der Waals surface area contributed by atoms with Crippen molar-refractivity contribution in [3.05, 3.63) is 70.3 Å². The van der Waals surface area contributed by atoms with Gasteiger partial charge in [-0.25, -0.2) is 0 Å². The standard InChI is InChI=1S/C20H23N3O5/c1-2-18(15-6-4-3-5-7-15)20(25)28-14-19(24)22-13-12-21-16-8-10-17(11-9-16)23(26)27/h3-11,18,21H,2,12-14H2,1H3,(H,22,24)/t18-/m1/s1. The van der Waals surface area contributed by atoms with E-state index in [1.54, 1.807) is 12.1 Å². The van der Waals surface area contributed by atoms with Crippen LogP contribution in [0, 0.1) is 10.1 Å². The number of hydrogen-bond acceptors (Lipinski definition) is 6. The molecule has 0 aliphatic rings. The molecule has 148 valence electrons. The van der Waals surface area contributed by atoms with Gasteiger partial charge < -0.3 is 15.4 Å². The van der Waals surface area contributed by atoms with Crippen molar-refractivity contribution in [2.24, 2.45) is 0 Å². The molecule has 0 heterocycles. The summed E-state index contributed by atoms with van der Waals surface area (Å²) in [5.74, 6) is -1.20. The van der Waals surface area contributed by atoms with Crippen LogP contribution < -0.4 is 10.6 Å². The smallest absolute Gasteiger partial charge is 0.313 e. The Labute approximate surface area is 163 Å². The lowest BCUT2D eigenvalue weighted by atomic mass is 9.97. The van der Waals surface area contributed by atoms with Crippen LogP contribution in [0.3, 0.4) is 0 Å². The van der Waals surface area contributed by atoms with Crippen molar-refractivity contribution < 1.29 is 19.2 Å². The number of carbonyl (C=O) groups excluding carboxylic acids is 2. The highest BCUT2D eigenvalue weighted by Gasteiger charge is 2.20. The highest BCUT2D eigenvalue weighted by Crippen LogP contribution is 2.20. The summed E-state index contributed by atoms with van der Waals surface area (Å²) >= 11 is 0. The summed E-state index contributed by atoms with van der Waals surface area (Å²) in [4.78, 5) is 34.2. The fraction of sp³-hybridized carbons (Fsp3) is 0.300. The number of carbonyl (C=O) groups is 2. The summed E-state index contributed by atoms with van der Waals surface area (Å²) < 4.78 is 5.13. The van der Waals surface area contributed by atoms with Gasteiger partial charge in [0, 0.05) is 30.9 Å². The molecule has 0 bridgehead atoms. The molecule has 8 heteroatoms. The summed E-state index contributed by atoms with van der Waals surface area (Å²) in [6.07, 6.45) is 0.587. The third-order valence-electron chi connectivity index (χ3n) is 4.09. The molecule has 0 aromatic heterocycles. The van der Waals surface area contributed by atoms with Crippen LogP contribution in [-0.4, -0.2) is 36.5 Å². The first-order valence-electron chi connectivity index (χ1n) is 8.98. The Morgan fingerprint density at radius 2 is 1.75 bits per heavy atom. The number of non-ortho nitro benzene ring substituents is 1. The molecule has 8 nitrogen and oxygen atoms in total. The second-order valence-electron chi connectivity index (χ2n) is 6.06. The van der Waals surface area contributed by atoms with Crippen LogP contribution in [0.4, 0.5) is 11.4 Å². The number of nitrogens with one attached hydrogen (secondary N) is 2. The fourth-order valence-electron chi connectivity index (χ4n) is 2.62. The average Bonchev–Trinajstić information content (AvgIpc) is 2.71. The number of amides is 1. The zero-order valence-corrected chi connectivity index (χ0v) is 15.6. The maximum absolute atomic E-state index is 12.2. The van der Waals surface area contributed by atoms with E-state index >= 15 is 0 Å². The third kappa shape index (κ3) is 6.39. The van der Waals surface area contributed by atoms with Gasteiger partial charge >= 0.3 is 5.97 Å². The number of nitro benzene ring substituents is 1. The molecule has 0 unspecified atom stereocenters. The Kier molecular flexibility index (Phi) is 7.95. The monoisotopic (exact) mass is 385 g/mol. The van der Waals surface area contributed by atoms with Crippen molar-refractivity contribution in [2.45, 2.75) is 19.3 Å². The zero-order valence-electron chi connectivity index (χ0n) is 15.6. The van der Waals surface area contributed by atoms with Gasteiger partial charge in [0.1, 0.15) is 0 Å². The van der Waals surface area contributed by atoms with E-state index in [-0.39, 0.29) is 18.2 Å². The second kappa shape index (κ2) is 10.7. The Balaban J connectivity index is 1.68. The Bertz CT molecular complexity index is 793.